The van der Waals surface area contributed by atoms with Gasteiger partial charge < -0.3 is 14.6 Å². The summed E-state index contributed by atoms with van der Waals surface area (Å²) in [7, 11) is 1.53. The van der Waals surface area contributed by atoms with Gasteiger partial charge in [-0.15, -0.1) is 0 Å². The van der Waals surface area contributed by atoms with Gasteiger partial charge in [0.1, 0.15) is 5.69 Å². The Morgan fingerprint density at radius 3 is 2.89 bits per heavy atom. The van der Waals surface area contributed by atoms with E-state index in [1.165, 1.54) is 13.3 Å². The van der Waals surface area contributed by atoms with Crippen LogP contribution in [-0.2, 0) is 11.2 Å². The van der Waals surface area contributed by atoms with E-state index in [1.54, 1.807) is 12.1 Å². The van der Waals surface area contributed by atoms with Crippen molar-refractivity contribution in [3.05, 3.63) is 43.0 Å². The highest BCUT2D eigenvalue weighted by Crippen LogP contribution is 2.36. The molecule has 0 unspecified atom stereocenters. The van der Waals surface area contributed by atoms with Gasteiger partial charge in [0, 0.05) is 6.42 Å². The normalized spacial score (nSPS) is 10.9. The van der Waals surface area contributed by atoms with Crippen LogP contribution >= 0.6 is 28.1 Å². The number of methoxy groups -OCH3 is 1. The van der Waals surface area contributed by atoms with Gasteiger partial charge in [-0.05, 0) is 52.8 Å². The number of benzene rings is 1. The minimum Gasteiger partial charge on any atom is -0.492 e. The van der Waals surface area contributed by atoms with Crippen LogP contribution in [0.3, 0.4) is 0 Å². The predicted octanol–water partition coefficient (Wildman–Crippen LogP) is 2.37. The number of rotatable bonds is 8. The molecule has 11 heteroatoms. The molecule has 0 saturated heterocycles. The second-order valence-electron chi connectivity index (χ2n) is 5.20. The maximum absolute atomic E-state index is 12.4. The quantitative estimate of drug-likeness (QED) is 0.462. The number of aromatic nitrogens is 3. The minimum absolute atomic E-state index is 0.00654. The van der Waals surface area contributed by atoms with Crippen LogP contribution in [0.15, 0.2) is 26.5 Å². The van der Waals surface area contributed by atoms with E-state index in [4.69, 9.17) is 26.8 Å². The van der Waals surface area contributed by atoms with Gasteiger partial charge in [-0.3, -0.25) is 14.7 Å². The fraction of sp³-hybridized carbons (Fsp3) is 0.312. The largest absolute Gasteiger partial charge is 0.492 e. The molecule has 0 spiro atoms. The molecule has 2 N–H and O–H groups in total. The van der Waals surface area contributed by atoms with E-state index in [2.05, 4.69) is 31.2 Å². The molecule has 0 aliphatic carbocycles. The van der Waals surface area contributed by atoms with Gasteiger partial charge in [-0.25, -0.2) is 0 Å². The van der Waals surface area contributed by atoms with Crippen LogP contribution in [0, 0.1) is 4.77 Å². The lowest BCUT2D eigenvalue weighted by Crippen LogP contribution is -2.25. The molecule has 144 valence electrons. The molecule has 0 radical (unpaired) electrons. The molecular weight excluding hydrogens is 440 g/mol. The Morgan fingerprint density at radius 2 is 2.26 bits per heavy atom. The van der Waals surface area contributed by atoms with E-state index in [0.29, 0.717) is 28.1 Å². The molecule has 0 aliphatic heterocycles. The first-order chi connectivity index (χ1) is 12.9. The van der Waals surface area contributed by atoms with Gasteiger partial charge in [-0.1, -0.05) is 0 Å². The number of carboxylic acids is 1. The fourth-order valence-corrected chi connectivity index (χ4v) is 2.96. The van der Waals surface area contributed by atoms with Crippen molar-refractivity contribution in [2.75, 3.05) is 13.7 Å². The van der Waals surface area contributed by atoms with Crippen LogP contribution in [0.4, 0.5) is 0 Å². The zero-order chi connectivity index (χ0) is 20.0. The van der Waals surface area contributed by atoms with Gasteiger partial charge >= 0.3 is 5.97 Å². The molecule has 1 heterocycles. The van der Waals surface area contributed by atoms with Gasteiger partial charge in [-0.2, -0.15) is 14.9 Å². The van der Waals surface area contributed by atoms with E-state index in [-0.39, 0.29) is 23.3 Å². The molecule has 1 aromatic heterocycles. The number of carboxylic acid groups (broad SMARTS) is 1. The second-order valence-corrected chi connectivity index (χ2v) is 6.44. The van der Waals surface area contributed by atoms with Crippen molar-refractivity contribution in [2.45, 2.75) is 19.8 Å². The Kier molecular flexibility index (Phi) is 7.25. The van der Waals surface area contributed by atoms with Crippen molar-refractivity contribution in [3.63, 3.8) is 0 Å². The predicted molar refractivity (Wildman–Crippen MR) is 104 cm³/mol. The molecule has 0 saturated carbocycles. The lowest BCUT2D eigenvalue weighted by atomic mass is 10.2. The number of hydrogen-bond donors (Lipinski definition) is 2. The first-order valence-electron chi connectivity index (χ1n) is 7.84. The van der Waals surface area contributed by atoms with E-state index >= 15 is 0 Å². The van der Waals surface area contributed by atoms with Crippen molar-refractivity contribution >= 4 is 40.3 Å². The van der Waals surface area contributed by atoms with Crippen molar-refractivity contribution in [3.8, 4) is 11.5 Å². The van der Waals surface area contributed by atoms with Crippen LogP contribution in [0.2, 0.25) is 0 Å². The summed E-state index contributed by atoms with van der Waals surface area (Å²) in [6.07, 6.45) is 1.18. The number of ether oxygens (including phenoxy) is 2. The van der Waals surface area contributed by atoms with Gasteiger partial charge in [0.05, 0.1) is 30.8 Å². The molecular formula is C16H17BrN4O5S. The number of aromatic amines is 1. The van der Waals surface area contributed by atoms with Crippen LogP contribution < -0.4 is 15.0 Å². The number of nitrogens with zero attached hydrogens (tertiary/aromatic N) is 3. The zero-order valence-electron chi connectivity index (χ0n) is 14.6. The Labute approximate surface area is 167 Å². The summed E-state index contributed by atoms with van der Waals surface area (Å²) in [6.45, 7) is 2.30. The van der Waals surface area contributed by atoms with Gasteiger partial charge in [0.2, 0.25) is 4.77 Å². The second kappa shape index (κ2) is 9.42. The lowest BCUT2D eigenvalue weighted by molar-refractivity contribution is -0.136. The number of nitrogens with one attached hydrogen (secondary N) is 1. The van der Waals surface area contributed by atoms with Crippen LogP contribution in [-0.4, -0.2) is 45.9 Å². The zero-order valence-corrected chi connectivity index (χ0v) is 17.0. The van der Waals surface area contributed by atoms with E-state index in [0.717, 1.165) is 4.68 Å². The third-order valence-electron chi connectivity index (χ3n) is 3.35. The molecule has 9 nitrogen and oxygen atoms in total. The lowest BCUT2D eigenvalue weighted by Gasteiger charge is -2.11. The molecule has 1 aromatic carbocycles. The maximum atomic E-state index is 12.4. The third kappa shape index (κ3) is 5.23. The number of aryl methyl sites for hydroxylation is 1. The van der Waals surface area contributed by atoms with Gasteiger partial charge in [0.15, 0.2) is 11.5 Å². The Hall–Kier alpha value is -2.53. The van der Waals surface area contributed by atoms with Crippen molar-refractivity contribution < 1.29 is 19.4 Å². The highest BCUT2D eigenvalue weighted by Gasteiger charge is 2.11. The Bertz CT molecular complexity index is 986. The SMILES string of the molecule is CCOc1cc(/C=N\n2c(=S)[nH]nc(CCC(=O)O)c2=O)cc(Br)c1OC. The molecule has 0 bridgehead atoms. The summed E-state index contributed by atoms with van der Waals surface area (Å²) in [5, 5.41) is 19.2. The highest BCUT2D eigenvalue weighted by molar-refractivity contribution is 9.10. The van der Waals surface area contributed by atoms with Crippen LogP contribution in [0.25, 0.3) is 0 Å². The molecule has 0 fully saturated rings. The summed E-state index contributed by atoms with van der Waals surface area (Å²) in [6, 6.07) is 3.45. The minimum atomic E-state index is -1.03. The maximum Gasteiger partial charge on any atom is 0.303 e. The van der Waals surface area contributed by atoms with E-state index < -0.39 is 11.5 Å². The Balaban J connectivity index is 2.40. The third-order valence-corrected chi connectivity index (χ3v) is 4.21. The molecule has 27 heavy (non-hydrogen) atoms. The van der Waals surface area contributed by atoms with Crippen LogP contribution in [0.1, 0.15) is 24.6 Å². The number of H-pyrrole nitrogens is 1. The molecule has 2 rings (SSSR count). The summed E-state index contributed by atoms with van der Waals surface area (Å²) >= 11 is 8.45. The summed E-state index contributed by atoms with van der Waals surface area (Å²) in [5.74, 6) is 0.0359. The fourth-order valence-electron chi connectivity index (χ4n) is 2.17. The summed E-state index contributed by atoms with van der Waals surface area (Å²) in [4.78, 5) is 23.1. The topological polar surface area (TPSA) is 119 Å². The Morgan fingerprint density at radius 1 is 1.52 bits per heavy atom. The highest BCUT2D eigenvalue weighted by atomic mass is 79.9. The number of hydrogen-bond acceptors (Lipinski definition) is 7. The molecule has 0 aliphatic rings. The average molecular weight is 457 g/mol. The first kappa shape index (κ1) is 20.8. The monoisotopic (exact) mass is 456 g/mol. The van der Waals surface area contributed by atoms with Crippen molar-refractivity contribution in [2.24, 2.45) is 5.10 Å². The number of halogens is 1. The number of aliphatic carboxylic acids is 1. The van der Waals surface area contributed by atoms with Crippen LogP contribution in [0.5, 0.6) is 11.5 Å². The van der Waals surface area contributed by atoms with Crippen molar-refractivity contribution in [1.82, 2.24) is 14.9 Å². The first-order valence-corrected chi connectivity index (χ1v) is 9.04. The smallest absolute Gasteiger partial charge is 0.303 e. The standard InChI is InChI=1S/C16H17BrN4O5S/c1-3-26-12-7-9(6-10(17)14(12)25-2)8-18-21-15(24)11(4-5-13(22)23)19-20-16(21)27/h6-8H,3-5H2,1-2H3,(H,20,27)(H,22,23)/b18-8-. The number of carbonyl (C=O) groups is 1. The van der Waals surface area contributed by atoms with Crippen molar-refractivity contribution in [1.29, 1.82) is 0 Å². The average Bonchev–Trinajstić information content (AvgIpc) is 2.61. The molecule has 2 aromatic rings. The van der Waals surface area contributed by atoms with E-state index in [1.807, 2.05) is 6.92 Å². The van der Waals surface area contributed by atoms with E-state index in [9.17, 15) is 9.59 Å². The molecule has 0 amide bonds. The molecule has 0 atom stereocenters. The van der Waals surface area contributed by atoms with Gasteiger partial charge in [0.25, 0.3) is 5.56 Å². The summed E-state index contributed by atoms with van der Waals surface area (Å²) in [5.41, 5.74) is 0.0965. The summed E-state index contributed by atoms with van der Waals surface area (Å²) < 4.78 is 12.5.